The SMILES string of the molecule is CCc1cc(=O)oc2cc(OC(=O)C(CCSC)NC(=O)OC(C)(C)C)c(Cl)cc12. The topological polar surface area (TPSA) is 94.8 Å². The highest BCUT2D eigenvalue weighted by molar-refractivity contribution is 7.98. The predicted molar refractivity (Wildman–Crippen MR) is 119 cm³/mol. The molecule has 1 amide bonds. The molecule has 2 rings (SSSR count). The van der Waals surface area contributed by atoms with Gasteiger partial charge in [0.25, 0.3) is 0 Å². The summed E-state index contributed by atoms with van der Waals surface area (Å²) in [4.78, 5) is 36.6. The summed E-state index contributed by atoms with van der Waals surface area (Å²) < 4.78 is 15.9. The molecule has 0 spiro atoms. The lowest BCUT2D eigenvalue weighted by atomic mass is 10.1. The highest BCUT2D eigenvalue weighted by Crippen LogP contribution is 2.31. The van der Waals surface area contributed by atoms with Crippen LogP contribution < -0.4 is 15.7 Å². The van der Waals surface area contributed by atoms with Gasteiger partial charge in [0.2, 0.25) is 0 Å². The van der Waals surface area contributed by atoms with E-state index in [1.807, 2.05) is 13.2 Å². The Hall–Kier alpha value is -2.19. The number of hydrogen-bond donors (Lipinski definition) is 1. The fourth-order valence-electron chi connectivity index (χ4n) is 2.71. The third kappa shape index (κ3) is 6.67. The number of carbonyl (C=O) groups excluding carboxylic acids is 2. The molecule has 1 atom stereocenters. The van der Waals surface area contributed by atoms with Gasteiger partial charge in [-0.1, -0.05) is 18.5 Å². The highest BCUT2D eigenvalue weighted by atomic mass is 35.5. The van der Waals surface area contributed by atoms with Crippen LogP contribution in [0.15, 0.2) is 27.4 Å². The van der Waals surface area contributed by atoms with Crippen molar-refractivity contribution in [1.29, 1.82) is 0 Å². The number of amides is 1. The fourth-order valence-corrected chi connectivity index (χ4v) is 3.39. The first-order chi connectivity index (χ1) is 14.0. The quantitative estimate of drug-likeness (QED) is 0.371. The van der Waals surface area contributed by atoms with Gasteiger partial charge in [0.1, 0.15) is 17.2 Å². The van der Waals surface area contributed by atoms with Crippen molar-refractivity contribution < 1.29 is 23.5 Å². The number of nitrogens with one attached hydrogen (secondary N) is 1. The van der Waals surface area contributed by atoms with Gasteiger partial charge < -0.3 is 19.2 Å². The van der Waals surface area contributed by atoms with E-state index in [4.69, 9.17) is 25.5 Å². The number of ether oxygens (including phenoxy) is 2. The van der Waals surface area contributed by atoms with Crippen LogP contribution in [-0.2, 0) is 16.0 Å². The summed E-state index contributed by atoms with van der Waals surface area (Å²) in [7, 11) is 0. The number of rotatable bonds is 7. The number of benzene rings is 1. The molecule has 1 N–H and O–H groups in total. The lowest BCUT2D eigenvalue weighted by Crippen LogP contribution is -2.45. The summed E-state index contributed by atoms with van der Waals surface area (Å²) in [6, 6.07) is 3.50. The molecule has 0 saturated heterocycles. The van der Waals surface area contributed by atoms with E-state index in [1.165, 1.54) is 23.9 Å². The molecule has 0 aliphatic heterocycles. The summed E-state index contributed by atoms with van der Waals surface area (Å²) >= 11 is 7.83. The van der Waals surface area contributed by atoms with E-state index in [0.29, 0.717) is 24.0 Å². The number of fused-ring (bicyclic) bond motifs is 1. The Morgan fingerprint density at radius 3 is 2.57 bits per heavy atom. The van der Waals surface area contributed by atoms with Gasteiger partial charge in [-0.25, -0.2) is 14.4 Å². The van der Waals surface area contributed by atoms with Crippen LogP contribution >= 0.6 is 23.4 Å². The standard InChI is InChI=1S/C21H26ClNO6S/c1-6-12-9-18(24)27-16-11-17(14(22)10-13(12)16)28-19(25)15(7-8-30-5)23-20(26)29-21(2,3)4/h9-11,15H,6-8H2,1-5H3,(H,23,26). The van der Waals surface area contributed by atoms with E-state index < -0.39 is 29.3 Å². The molecule has 0 radical (unpaired) electrons. The van der Waals surface area contributed by atoms with E-state index in [-0.39, 0.29) is 16.4 Å². The molecular formula is C21H26ClNO6S. The molecule has 0 bridgehead atoms. The van der Waals surface area contributed by atoms with Crippen LogP contribution in [-0.4, -0.2) is 35.7 Å². The van der Waals surface area contributed by atoms with E-state index in [2.05, 4.69) is 5.32 Å². The zero-order chi connectivity index (χ0) is 22.5. The molecule has 1 aromatic heterocycles. The molecule has 30 heavy (non-hydrogen) atoms. The summed E-state index contributed by atoms with van der Waals surface area (Å²) in [5, 5.41) is 3.42. The van der Waals surface area contributed by atoms with Crippen LogP contribution in [0.25, 0.3) is 11.0 Å². The van der Waals surface area contributed by atoms with E-state index in [0.717, 1.165) is 5.56 Å². The number of carbonyl (C=O) groups is 2. The Bertz CT molecular complexity index is 982. The van der Waals surface area contributed by atoms with Crippen LogP contribution in [0.5, 0.6) is 5.75 Å². The molecule has 0 saturated carbocycles. The lowest BCUT2D eigenvalue weighted by molar-refractivity contribution is -0.136. The van der Waals surface area contributed by atoms with Gasteiger partial charge in [-0.3, -0.25) is 0 Å². The minimum absolute atomic E-state index is 0.0470. The summed E-state index contributed by atoms with van der Waals surface area (Å²) in [6.07, 6.45) is 2.14. The van der Waals surface area contributed by atoms with Crippen LogP contribution in [0.2, 0.25) is 5.02 Å². The smallest absolute Gasteiger partial charge is 0.408 e. The van der Waals surface area contributed by atoms with Crippen molar-refractivity contribution in [2.24, 2.45) is 0 Å². The zero-order valence-corrected chi connectivity index (χ0v) is 19.2. The van der Waals surface area contributed by atoms with Crippen molar-refractivity contribution in [3.05, 3.63) is 39.2 Å². The second-order valence-electron chi connectivity index (χ2n) is 7.62. The van der Waals surface area contributed by atoms with Gasteiger partial charge in [0, 0.05) is 17.5 Å². The first-order valence-electron chi connectivity index (χ1n) is 9.50. The average molecular weight is 456 g/mol. The molecule has 7 nitrogen and oxygen atoms in total. The minimum atomic E-state index is -0.923. The fraction of sp³-hybridized carbons (Fsp3) is 0.476. The Morgan fingerprint density at radius 1 is 1.27 bits per heavy atom. The number of esters is 1. The molecule has 9 heteroatoms. The number of halogens is 1. The summed E-state index contributed by atoms with van der Waals surface area (Å²) in [6.45, 7) is 7.10. The maximum absolute atomic E-state index is 12.7. The predicted octanol–water partition coefficient (Wildman–Crippen LogP) is 4.56. The van der Waals surface area contributed by atoms with Crippen molar-refractivity contribution in [3.63, 3.8) is 0 Å². The molecular weight excluding hydrogens is 430 g/mol. The summed E-state index contributed by atoms with van der Waals surface area (Å²) in [5.74, 6) is -0.0219. The second kappa shape index (κ2) is 10.2. The van der Waals surface area contributed by atoms with Gasteiger partial charge in [-0.15, -0.1) is 0 Å². The normalized spacial score (nSPS) is 12.5. The Labute approximate surface area is 184 Å². The first-order valence-corrected chi connectivity index (χ1v) is 11.3. The van der Waals surface area contributed by atoms with Crippen molar-refractivity contribution >= 4 is 46.4 Å². The van der Waals surface area contributed by atoms with Gasteiger partial charge >= 0.3 is 17.7 Å². The maximum Gasteiger partial charge on any atom is 0.408 e. The van der Waals surface area contributed by atoms with Crippen molar-refractivity contribution in [3.8, 4) is 5.75 Å². The molecule has 1 aromatic carbocycles. The van der Waals surface area contributed by atoms with Crippen molar-refractivity contribution in [1.82, 2.24) is 5.32 Å². The average Bonchev–Trinajstić information content (AvgIpc) is 2.63. The molecule has 1 heterocycles. The van der Waals surface area contributed by atoms with Crippen molar-refractivity contribution in [2.45, 2.75) is 52.2 Å². The monoisotopic (exact) mass is 455 g/mol. The highest BCUT2D eigenvalue weighted by Gasteiger charge is 2.26. The largest absolute Gasteiger partial charge is 0.444 e. The lowest BCUT2D eigenvalue weighted by Gasteiger charge is -2.23. The number of thioether (sulfide) groups is 1. The third-order valence-electron chi connectivity index (χ3n) is 4.06. The van der Waals surface area contributed by atoms with Gasteiger partial charge in [-0.05, 0) is 57.3 Å². The summed E-state index contributed by atoms with van der Waals surface area (Å²) in [5.41, 5.74) is -0.144. The zero-order valence-electron chi connectivity index (χ0n) is 17.7. The Kier molecular flexibility index (Phi) is 8.20. The van der Waals surface area contributed by atoms with Gasteiger partial charge in [0.05, 0.1) is 5.02 Å². The van der Waals surface area contributed by atoms with Crippen LogP contribution in [0.1, 0.15) is 39.7 Å². The van der Waals surface area contributed by atoms with Crippen LogP contribution in [0.3, 0.4) is 0 Å². The van der Waals surface area contributed by atoms with Crippen LogP contribution in [0.4, 0.5) is 4.79 Å². The molecule has 0 aliphatic carbocycles. The maximum atomic E-state index is 12.7. The number of aryl methyl sites for hydroxylation is 1. The molecule has 0 aliphatic rings. The third-order valence-corrected chi connectivity index (χ3v) is 5.00. The molecule has 1 unspecified atom stereocenters. The van der Waals surface area contributed by atoms with Gasteiger partial charge in [0.15, 0.2) is 5.75 Å². The van der Waals surface area contributed by atoms with E-state index in [9.17, 15) is 14.4 Å². The molecule has 164 valence electrons. The van der Waals surface area contributed by atoms with Crippen LogP contribution in [0, 0.1) is 0 Å². The second-order valence-corrected chi connectivity index (χ2v) is 9.02. The Balaban J connectivity index is 2.27. The minimum Gasteiger partial charge on any atom is -0.444 e. The number of hydrogen-bond acceptors (Lipinski definition) is 7. The van der Waals surface area contributed by atoms with Crippen molar-refractivity contribution in [2.75, 3.05) is 12.0 Å². The van der Waals surface area contributed by atoms with Gasteiger partial charge in [-0.2, -0.15) is 11.8 Å². The first kappa shape index (κ1) is 24.1. The van der Waals surface area contributed by atoms with E-state index in [1.54, 1.807) is 26.8 Å². The molecule has 2 aromatic rings. The Morgan fingerprint density at radius 2 is 1.97 bits per heavy atom. The molecule has 0 fully saturated rings. The number of alkyl carbamates (subject to hydrolysis) is 1. The van der Waals surface area contributed by atoms with E-state index >= 15 is 0 Å².